The van der Waals surface area contributed by atoms with Crippen LogP contribution >= 0.6 is 11.3 Å². The monoisotopic (exact) mass is 400 g/mol. The predicted octanol–water partition coefficient (Wildman–Crippen LogP) is 3.61. The van der Waals surface area contributed by atoms with Crippen molar-refractivity contribution in [3.05, 3.63) is 51.5 Å². The van der Waals surface area contributed by atoms with Crippen LogP contribution < -0.4 is 10.6 Å². The van der Waals surface area contributed by atoms with Gasteiger partial charge in [0.25, 0.3) is 0 Å². The number of aliphatic imine (C=N–C) groups is 1. The van der Waals surface area contributed by atoms with Crippen LogP contribution in [0, 0.1) is 13.8 Å². The molecule has 0 amide bonds. The average Bonchev–Trinajstić information content (AvgIpc) is 3.05. The summed E-state index contributed by atoms with van der Waals surface area (Å²) in [5, 5.41) is 8.05. The summed E-state index contributed by atoms with van der Waals surface area (Å²) in [5.41, 5.74) is 2.57. The molecule has 0 atom stereocenters. The second kappa shape index (κ2) is 10.0. The molecule has 0 radical (unpaired) electrons. The Morgan fingerprint density at radius 1 is 1.18 bits per heavy atom. The standard InChI is InChI=1S/C22H32N4OS/c1-4-23-21(24-13-10-20-26-17(2)18(3)28-20)25-16-22(11-14-27-15-12-22)19-8-6-5-7-9-19/h5-9H,4,10-16H2,1-3H3,(H2,23,24,25). The highest BCUT2D eigenvalue weighted by Gasteiger charge is 2.34. The van der Waals surface area contributed by atoms with E-state index in [1.54, 1.807) is 11.3 Å². The largest absolute Gasteiger partial charge is 0.381 e. The number of guanidine groups is 1. The summed E-state index contributed by atoms with van der Waals surface area (Å²) in [6, 6.07) is 10.8. The van der Waals surface area contributed by atoms with E-state index in [0.29, 0.717) is 0 Å². The van der Waals surface area contributed by atoms with Gasteiger partial charge in [0.1, 0.15) is 0 Å². The van der Waals surface area contributed by atoms with Crippen LogP contribution in [0.4, 0.5) is 0 Å². The molecule has 1 fully saturated rings. The minimum atomic E-state index is 0.0609. The molecule has 0 spiro atoms. The molecule has 0 saturated carbocycles. The number of aryl methyl sites for hydroxylation is 2. The molecule has 1 aliphatic heterocycles. The summed E-state index contributed by atoms with van der Waals surface area (Å²) < 4.78 is 5.64. The van der Waals surface area contributed by atoms with Crippen LogP contribution in [0.3, 0.4) is 0 Å². The number of hydrogen-bond acceptors (Lipinski definition) is 4. The highest BCUT2D eigenvalue weighted by atomic mass is 32.1. The number of ether oxygens (including phenoxy) is 1. The Hall–Kier alpha value is -1.92. The smallest absolute Gasteiger partial charge is 0.191 e. The molecule has 0 unspecified atom stereocenters. The first-order valence-corrected chi connectivity index (χ1v) is 11.0. The van der Waals surface area contributed by atoms with Gasteiger partial charge in [0, 0.05) is 43.0 Å². The topological polar surface area (TPSA) is 58.5 Å². The minimum absolute atomic E-state index is 0.0609. The lowest BCUT2D eigenvalue weighted by atomic mass is 9.74. The van der Waals surface area contributed by atoms with Gasteiger partial charge in [0.2, 0.25) is 0 Å². The van der Waals surface area contributed by atoms with Crippen LogP contribution in [0.5, 0.6) is 0 Å². The van der Waals surface area contributed by atoms with Crippen molar-refractivity contribution in [3.63, 3.8) is 0 Å². The van der Waals surface area contributed by atoms with Gasteiger partial charge >= 0.3 is 0 Å². The van der Waals surface area contributed by atoms with Gasteiger partial charge in [-0.1, -0.05) is 30.3 Å². The quantitative estimate of drug-likeness (QED) is 0.551. The number of benzene rings is 1. The van der Waals surface area contributed by atoms with Crippen molar-refractivity contribution < 1.29 is 4.74 Å². The average molecular weight is 401 g/mol. The van der Waals surface area contributed by atoms with E-state index < -0.39 is 0 Å². The fourth-order valence-corrected chi connectivity index (χ4v) is 4.53. The number of nitrogens with zero attached hydrogens (tertiary/aromatic N) is 2. The highest BCUT2D eigenvalue weighted by Crippen LogP contribution is 2.35. The third-order valence-corrected chi connectivity index (χ3v) is 6.56. The van der Waals surface area contributed by atoms with Crippen LogP contribution in [0.1, 0.15) is 40.9 Å². The molecule has 2 heterocycles. The summed E-state index contributed by atoms with van der Waals surface area (Å²) in [7, 11) is 0. The van der Waals surface area contributed by atoms with E-state index in [9.17, 15) is 0 Å². The van der Waals surface area contributed by atoms with Crippen LogP contribution in [0.15, 0.2) is 35.3 Å². The first-order valence-electron chi connectivity index (χ1n) is 10.2. The van der Waals surface area contributed by atoms with E-state index in [1.165, 1.54) is 15.4 Å². The van der Waals surface area contributed by atoms with E-state index in [0.717, 1.165) is 63.8 Å². The molecule has 5 nitrogen and oxygen atoms in total. The highest BCUT2D eigenvalue weighted by molar-refractivity contribution is 7.11. The van der Waals surface area contributed by atoms with Crippen LogP contribution in [0.25, 0.3) is 0 Å². The maximum absolute atomic E-state index is 5.64. The second-order valence-corrected chi connectivity index (χ2v) is 8.67. The maximum Gasteiger partial charge on any atom is 0.191 e. The molecule has 0 aliphatic carbocycles. The molecule has 0 bridgehead atoms. The van der Waals surface area contributed by atoms with Gasteiger partial charge in [-0.2, -0.15) is 0 Å². The summed E-state index contributed by atoms with van der Waals surface area (Å²) in [6.07, 6.45) is 2.94. The second-order valence-electron chi connectivity index (χ2n) is 7.38. The van der Waals surface area contributed by atoms with E-state index in [2.05, 4.69) is 66.7 Å². The van der Waals surface area contributed by atoms with Gasteiger partial charge in [0.15, 0.2) is 5.96 Å². The van der Waals surface area contributed by atoms with Gasteiger partial charge in [-0.15, -0.1) is 11.3 Å². The normalized spacial score (nSPS) is 16.8. The molecular weight excluding hydrogens is 368 g/mol. The Morgan fingerprint density at radius 3 is 2.57 bits per heavy atom. The molecule has 1 aromatic heterocycles. The Morgan fingerprint density at radius 2 is 1.93 bits per heavy atom. The molecule has 1 saturated heterocycles. The lowest BCUT2D eigenvalue weighted by molar-refractivity contribution is 0.0531. The molecule has 1 aliphatic rings. The van der Waals surface area contributed by atoms with Crippen LogP contribution in [0.2, 0.25) is 0 Å². The first-order chi connectivity index (χ1) is 13.6. The van der Waals surface area contributed by atoms with Gasteiger partial charge in [-0.25, -0.2) is 4.98 Å². The predicted molar refractivity (Wildman–Crippen MR) is 117 cm³/mol. The number of aromatic nitrogens is 1. The first kappa shape index (κ1) is 20.8. The summed E-state index contributed by atoms with van der Waals surface area (Å²) in [4.78, 5) is 10.9. The molecule has 2 N–H and O–H groups in total. The maximum atomic E-state index is 5.64. The van der Waals surface area contributed by atoms with Crippen molar-refractivity contribution in [2.24, 2.45) is 4.99 Å². The number of hydrogen-bond donors (Lipinski definition) is 2. The van der Waals surface area contributed by atoms with Crippen molar-refractivity contribution in [3.8, 4) is 0 Å². The third-order valence-electron chi connectivity index (χ3n) is 5.42. The van der Waals surface area contributed by atoms with Gasteiger partial charge < -0.3 is 15.4 Å². The van der Waals surface area contributed by atoms with Crippen molar-refractivity contribution >= 4 is 17.3 Å². The van der Waals surface area contributed by atoms with Crippen molar-refractivity contribution in [2.75, 3.05) is 32.8 Å². The SMILES string of the molecule is CCNC(=NCC1(c2ccccc2)CCOCC1)NCCc1nc(C)c(C)s1. The fraction of sp³-hybridized carbons (Fsp3) is 0.545. The molecule has 1 aromatic carbocycles. The van der Waals surface area contributed by atoms with E-state index in [-0.39, 0.29) is 5.41 Å². The van der Waals surface area contributed by atoms with Gasteiger partial charge in [-0.05, 0) is 39.2 Å². The third kappa shape index (κ3) is 5.32. The minimum Gasteiger partial charge on any atom is -0.381 e. The zero-order valence-electron chi connectivity index (χ0n) is 17.3. The lowest BCUT2D eigenvalue weighted by Crippen LogP contribution is -2.41. The van der Waals surface area contributed by atoms with Gasteiger partial charge in [0.05, 0.1) is 17.2 Å². The van der Waals surface area contributed by atoms with E-state index in [1.807, 2.05) is 0 Å². The van der Waals surface area contributed by atoms with E-state index >= 15 is 0 Å². The number of rotatable bonds is 7. The summed E-state index contributed by atoms with van der Waals surface area (Å²) >= 11 is 1.79. The fourth-order valence-electron chi connectivity index (χ4n) is 3.60. The van der Waals surface area contributed by atoms with Crippen LogP contribution in [-0.2, 0) is 16.6 Å². The Balaban J connectivity index is 1.65. The van der Waals surface area contributed by atoms with Crippen molar-refractivity contribution in [2.45, 2.75) is 45.4 Å². The zero-order valence-corrected chi connectivity index (χ0v) is 18.1. The van der Waals surface area contributed by atoms with Crippen LogP contribution in [-0.4, -0.2) is 43.8 Å². The molecule has 6 heteroatoms. The lowest BCUT2D eigenvalue weighted by Gasteiger charge is -2.36. The van der Waals surface area contributed by atoms with Gasteiger partial charge in [-0.3, -0.25) is 4.99 Å². The van der Waals surface area contributed by atoms with Crippen molar-refractivity contribution in [1.29, 1.82) is 0 Å². The van der Waals surface area contributed by atoms with E-state index in [4.69, 9.17) is 9.73 Å². The van der Waals surface area contributed by atoms with Crippen molar-refractivity contribution in [1.82, 2.24) is 15.6 Å². The number of nitrogens with one attached hydrogen (secondary N) is 2. The Labute approximate surface area is 172 Å². The number of thiazole rings is 1. The zero-order chi connectivity index (χ0) is 19.8. The molecule has 3 rings (SSSR count). The Kier molecular flexibility index (Phi) is 7.45. The molecular formula is C22H32N4OS. The summed E-state index contributed by atoms with van der Waals surface area (Å²) in [5.74, 6) is 0.884. The molecule has 2 aromatic rings. The summed E-state index contributed by atoms with van der Waals surface area (Å²) in [6.45, 7) is 10.4. The molecule has 28 heavy (non-hydrogen) atoms. The Bertz CT molecular complexity index is 747. The molecule has 152 valence electrons.